The average Bonchev–Trinajstić information content (AvgIpc) is 2.24. The van der Waals surface area contributed by atoms with Crippen LogP contribution in [0.2, 0.25) is 0 Å². The summed E-state index contributed by atoms with van der Waals surface area (Å²) in [6, 6.07) is 1.15. The molecule has 0 heterocycles. The largest absolute Gasteiger partial charge is 0.383 e. The third-order valence-electron chi connectivity index (χ3n) is 3.77. The van der Waals surface area contributed by atoms with Gasteiger partial charge in [-0.25, -0.2) is 0 Å². The zero-order valence-corrected chi connectivity index (χ0v) is 11.7. The summed E-state index contributed by atoms with van der Waals surface area (Å²) in [6.07, 6.45) is 6.22. The fraction of sp³-hybridized carbons (Fsp3) is 1.00. The Kier molecular flexibility index (Phi) is 7.09. The zero-order chi connectivity index (χ0) is 12.7. The lowest BCUT2D eigenvalue weighted by Crippen LogP contribution is -2.44. The van der Waals surface area contributed by atoms with Gasteiger partial charge in [0.15, 0.2) is 0 Å². The molecule has 0 aromatic carbocycles. The Balaban J connectivity index is 2.36. The van der Waals surface area contributed by atoms with Gasteiger partial charge in [0.1, 0.15) is 0 Å². The summed E-state index contributed by atoms with van der Waals surface area (Å²) < 4.78 is 5.29. The van der Waals surface area contributed by atoms with E-state index in [4.69, 9.17) is 10.5 Å². The van der Waals surface area contributed by atoms with Gasteiger partial charge in [-0.15, -0.1) is 0 Å². The van der Waals surface area contributed by atoms with Gasteiger partial charge in [0.25, 0.3) is 0 Å². The smallest absolute Gasteiger partial charge is 0.0615 e. The second kappa shape index (κ2) is 8.06. The van der Waals surface area contributed by atoms with Crippen LogP contribution in [0.5, 0.6) is 0 Å². The third kappa shape index (κ3) is 5.84. The fourth-order valence-corrected chi connectivity index (χ4v) is 3.20. The number of rotatable bonds is 7. The van der Waals surface area contributed by atoms with Gasteiger partial charge in [-0.2, -0.15) is 0 Å². The predicted molar refractivity (Wildman–Crippen MR) is 73.1 cm³/mol. The minimum absolute atomic E-state index is 0.478. The zero-order valence-electron chi connectivity index (χ0n) is 11.7. The lowest BCUT2D eigenvalue weighted by atomic mass is 9.80. The molecule has 0 radical (unpaired) electrons. The van der Waals surface area contributed by atoms with Gasteiger partial charge < -0.3 is 15.8 Å². The van der Waals surface area contributed by atoms with E-state index in [1.165, 1.54) is 19.3 Å². The lowest BCUT2D eigenvalue weighted by molar-refractivity contribution is 0.140. The Bertz CT molecular complexity index is 189. The highest BCUT2D eigenvalue weighted by molar-refractivity contribution is 4.82. The molecule has 3 atom stereocenters. The maximum Gasteiger partial charge on any atom is 0.0615 e. The van der Waals surface area contributed by atoms with Crippen LogP contribution in [0.1, 0.15) is 46.0 Å². The Morgan fingerprint density at radius 3 is 2.41 bits per heavy atom. The van der Waals surface area contributed by atoms with Crippen LogP contribution in [0, 0.1) is 11.8 Å². The third-order valence-corrected chi connectivity index (χ3v) is 3.77. The highest BCUT2D eigenvalue weighted by atomic mass is 16.5. The first-order valence-electron chi connectivity index (χ1n) is 7.10. The molecule has 3 unspecified atom stereocenters. The van der Waals surface area contributed by atoms with Crippen molar-refractivity contribution >= 4 is 0 Å². The summed E-state index contributed by atoms with van der Waals surface area (Å²) in [5.74, 6) is 1.71. The molecule has 102 valence electrons. The first-order valence-corrected chi connectivity index (χ1v) is 7.10. The quantitative estimate of drug-likeness (QED) is 0.719. The van der Waals surface area contributed by atoms with Crippen molar-refractivity contribution in [3.8, 4) is 0 Å². The SMILES string of the molecule is COCC(CCCN)NC1CC(C)CC(C)C1. The van der Waals surface area contributed by atoms with Crippen molar-refractivity contribution in [2.45, 2.75) is 58.0 Å². The molecule has 3 N–H and O–H groups in total. The molecule has 0 bridgehead atoms. The molecule has 0 spiro atoms. The number of hydrogen-bond acceptors (Lipinski definition) is 3. The van der Waals surface area contributed by atoms with Crippen molar-refractivity contribution in [2.24, 2.45) is 17.6 Å². The number of ether oxygens (including phenoxy) is 1. The van der Waals surface area contributed by atoms with Gasteiger partial charge in [0, 0.05) is 19.2 Å². The number of methoxy groups -OCH3 is 1. The average molecular weight is 242 g/mol. The van der Waals surface area contributed by atoms with Crippen LogP contribution in [0.4, 0.5) is 0 Å². The summed E-state index contributed by atoms with van der Waals surface area (Å²) >= 11 is 0. The topological polar surface area (TPSA) is 47.3 Å². The van der Waals surface area contributed by atoms with Gasteiger partial charge in [-0.3, -0.25) is 0 Å². The van der Waals surface area contributed by atoms with E-state index in [0.29, 0.717) is 12.1 Å². The van der Waals surface area contributed by atoms with Crippen LogP contribution in [-0.2, 0) is 4.74 Å². The molecule has 3 nitrogen and oxygen atoms in total. The number of hydrogen-bond donors (Lipinski definition) is 2. The Hall–Kier alpha value is -0.120. The van der Waals surface area contributed by atoms with E-state index >= 15 is 0 Å². The van der Waals surface area contributed by atoms with Crippen molar-refractivity contribution < 1.29 is 4.74 Å². The summed E-state index contributed by atoms with van der Waals surface area (Å²) in [6.45, 7) is 6.32. The van der Waals surface area contributed by atoms with E-state index in [0.717, 1.165) is 37.8 Å². The van der Waals surface area contributed by atoms with E-state index < -0.39 is 0 Å². The molecule has 17 heavy (non-hydrogen) atoms. The maximum absolute atomic E-state index is 5.58. The summed E-state index contributed by atoms with van der Waals surface area (Å²) in [7, 11) is 1.78. The molecular formula is C14H30N2O. The van der Waals surface area contributed by atoms with Crippen molar-refractivity contribution in [2.75, 3.05) is 20.3 Å². The fourth-order valence-electron chi connectivity index (χ4n) is 3.20. The van der Waals surface area contributed by atoms with Crippen LogP contribution >= 0.6 is 0 Å². The molecular weight excluding hydrogens is 212 g/mol. The first kappa shape index (κ1) is 14.9. The molecule has 0 aliphatic heterocycles. The lowest BCUT2D eigenvalue weighted by Gasteiger charge is -2.34. The summed E-state index contributed by atoms with van der Waals surface area (Å²) in [4.78, 5) is 0. The van der Waals surface area contributed by atoms with Crippen LogP contribution in [-0.4, -0.2) is 32.3 Å². The Morgan fingerprint density at radius 2 is 1.88 bits per heavy atom. The predicted octanol–water partition coefficient (Wildman–Crippen LogP) is 2.15. The maximum atomic E-state index is 5.58. The van der Waals surface area contributed by atoms with Crippen molar-refractivity contribution in [1.29, 1.82) is 0 Å². The standard InChI is InChI=1S/C14H30N2O/c1-11-7-12(2)9-14(8-11)16-13(10-17-3)5-4-6-15/h11-14,16H,4-10,15H2,1-3H3. The molecule has 1 saturated carbocycles. The number of nitrogens with two attached hydrogens (primary N) is 1. The molecule has 0 aromatic heterocycles. The molecule has 1 fully saturated rings. The van der Waals surface area contributed by atoms with E-state index in [9.17, 15) is 0 Å². The molecule has 1 rings (SSSR count). The van der Waals surface area contributed by atoms with Gasteiger partial charge in [-0.05, 0) is 50.5 Å². The second-order valence-corrected chi connectivity index (χ2v) is 5.86. The van der Waals surface area contributed by atoms with Gasteiger partial charge in [-0.1, -0.05) is 13.8 Å². The molecule has 0 saturated heterocycles. The highest BCUT2D eigenvalue weighted by Gasteiger charge is 2.25. The van der Waals surface area contributed by atoms with Gasteiger partial charge >= 0.3 is 0 Å². The minimum Gasteiger partial charge on any atom is -0.383 e. The van der Waals surface area contributed by atoms with Gasteiger partial charge in [0.05, 0.1) is 6.61 Å². The van der Waals surface area contributed by atoms with E-state index in [1.54, 1.807) is 7.11 Å². The van der Waals surface area contributed by atoms with Crippen LogP contribution in [0.3, 0.4) is 0 Å². The van der Waals surface area contributed by atoms with Crippen LogP contribution in [0.25, 0.3) is 0 Å². The normalized spacial score (nSPS) is 31.4. The second-order valence-electron chi connectivity index (χ2n) is 5.86. The van der Waals surface area contributed by atoms with E-state index in [-0.39, 0.29) is 0 Å². The Morgan fingerprint density at radius 1 is 1.24 bits per heavy atom. The monoisotopic (exact) mass is 242 g/mol. The number of nitrogens with one attached hydrogen (secondary N) is 1. The van der Waals surface area contributed by atoms with Crippen molar-refractivity contribution in [3.05, 3.63) is 0 Å². The molecule has 3 heteroatoms. The van der Waals surface area contributed by atoms with E-state index in [1.807, 2.05) is 0 Å². The Labute approximate surface area is 106 Å². The molecule has 0 amide bonds. The van der Waals surface area contributed by atoms with Crippen molar-refractivity contribution in [3.63, 3.8) is 0 Å². The van der Waals surface area contributed by atoms with Crippen LogP contribution < -0.4 is 11.1 Å². The van der Waals surface area contributed by atoms with Gasteiger partial charge in [0.2, 0.25) is 0 Å². The summed E-state index contributed by atoms with van der Waals surface area (Å²) in [5, 5.41) is 3.77. The molecule has 1 aliphatic carbocycles. The first-order chi connectivity index (χ1) is 8.15. The highest BCUT2D eigenvalue weighted by Crippen LogP contribution is 2.28. The summed E-state index contributed by atoms with van der Waals surface area (Å²) in [5.41, 5.74) is 5.58. The minimum atomic E-state index is 0.478. The van der Waals surface area contributed by atoms with E-state index in [2.05, 4.69) is 19.2 Å². The van der Waals surface area contributed by atoms with Crippen LogP contribution in [0.15, 0.2) is 0 Å². The molecule has 1 aliphatic rings. The molecule has 0 aromatic rings. The van der Waals surface area contributed by atoms with Crippen molar-refractivity contribution in [1.82, 2.24) is 5.32 Å².